The van der Waals surface area contributed by atoms with Crippen LogP contribution in [0.15, 0.2) is 18.2 Å². The molecule has 1 aromatic rings. The number of anilines is 1. The number of ether oxygens (including phenoxy) is 1. The third kappa shape index (κ3) is 3.44. The highest BCUT2D eigenvalue weighted by molar-refractivity contribution is 5.73. The number of carbonyl (C=O) groups excluding carboxylic acids is 1. The Labute approximate surface area is 101 Å². The first-order valence-electron chi connectivity index (χ1n) is 5.56. The molecule has 94 valence electrons. The van der Waals surface area contributed by atoms with E-state index in [1.54, 1.807) is 19.1 Å². The Morgan fingerprint density at radius 3 is 2.65 bits per heavy atom. The molecule has 1 rings (SSSR count). The zero-order valence-electron chi connectivity index (χ0n) is 10.6. The molecule has 0 heterocycles. The van der Waals surface area contributed by atoms with Crippen molar-refractivity contribution in [3.05, 3.63) is 29.6 Å². The number of esters is 1. The Bertz CT molecular complexity index is 406. The summed E-state index contributed by atoms with van der Waals surface area (Å²) in [4.78, 5) is 11.3. The Morgan fingerprint density at radius 2 is 2.06 bits per heavy atom. The van der Waals surface area contributed by atoms with Crippen LogP contribution in [0.4, 0.5) is 10.1 Å². The normalized spacial score (nSPS) is 13.9. The number of aryl methyl sites for hydroxylation is 1. The number of nitrogens with one attached hydrogen (secondary N) is 1. The maximum Gasteiger partial charge on any atom is 0.310 e. The zero-order valence-corrected chi connectivity index (χ0v) is 10.6. The van der Waals surface area contributed by atoms with E-state index in [1.165, 1.54) is 13.2 Å². The summed E-state index contributed by atoms with van der Waals surface area (Å²) in [7, 11) is 1.35. The Morgan fingerprint density at radius 1 is 1.41 bits per heavy atom. The lowest BCUT2D eigenvalue weighted by Crippen LogP contribution is -2.31. The summed E-state index contributed by atoms with van der Waals surface area (Å²) in [6, 6.07) is 4.64. The second-order valence-corrected chi connectivity index (χ2v) is 4.23. The summed E-state index contributed by atoms with van der Waals surface area (Å²) in [5.41, 5.74) is 1.38. The molecule has 17 heavy (non-hydrogen) atoms. The molecule has 0 amide bonds. The standard InChI is InChI=1S/C13H18FNO2/c1-8-5-6-11(14)12(7-8)15-10(3)9(2)13(16)17-4/h5-7,9-10,15H,1-4H3. The van der Waals surface area contributed by atoms with Gasteiger partial charge in [0.1, 0.15) is 5.82 Å². The number of carbonyl (C=O) groups is 1. The van der Waals surface area contributed by atoms with E-state index in [2.05, 4.69) is 10.1 Å². The summed E-state index contributed by atoms with van der Waals surface area (Å²) < 4.78 is 18.1. The second-order valence-electron chi connectivity index (χ2n) is 4.23. The zero-order chi connectivity index (χ0) is 13.0. The molecule has 1 N–H and O–H groups in total. The molecule has 4 heteroatoms. The molecule has 0 saturated heterocycles. The largest absolute Gasteiger partial charge is 0.469 e. The van der Waals surface area contributed by atoms with Gasteiger partial charge >= 0.3 is 5.97 Å². The van der Waals surface area contributed by atoms with E-state index >= 15 is 0 Å². The predicted octanol–water partition coefficient (Wildman–Crippen LogP) is 2.74. The Kier molecular flexibility index (Phi) is 4.49. The molecular formula is C13H18FNO2. The minimum atomic E-state index is -0.333. The Balaban J connectivity index is 2.77. The van der Waals surface area contributed by atoms with Crippen molar-refractivity contribution >= 4 is 11.7 Å². The Hall–Kier alpha value is -1.58. The maximum absolute atomic E-state index is 13.5. The number of hydrogen-bond acceptors (Lipinski definition) is 3. The molecule has 0 aliphatic heterocycles. The monoisotopic (exact) mass is 239 g/mol. The molecule has 0 aliphatic rings. The molecule has 0 saturated carbocycles. The van der Waals surface area contributed by atoms with Gasteiger partial charge in [0.25, 0.3) is 0 Å². The van der Waals surface area contributed by atoms with Crippen LogP contribution in [-0.4, -0.2) is 19.1 Å². The van der Waals surface area contributed by atoms with Gasteiger partial charge in [0, 0.05) is 6.04 Å². The van der Waals surface area contributed by atoms with Crippen LogP contribution in [0.25, 0.3) is 0 Å². The molecule has 0 aromatic heterocycles. The van der Waals surface area contributed by atoms with Crippen LogP contribution in [0.2, 0.25) is 0 Å². The van der Waals surface area contributed by atoms with Crippen LogP contribution in [0, 0.1) is 18.7 Å². The van der Waals surface area contributed by atoms with Crippen molar-refractivity contribution in [2.45, 2.75) is 26.8 Å². The topological polar surface area (TPSA) is 38.3 Å². The molecule has 0 radical (unpaired) electrons. The second kappa shape index (κ2) is 5.66. The quantitative estimate of drug-likeness (QED) is 0.821. The van der Waals surface area contributed by atoms with Crippen LogP contribution in [-0.2, 0) is 9.53 Å². The molecular weight excluding hydrogens is 221 g/mol. The molecule has 3 nitrogen and oxygen atoms in total. The highest BCUT2D eigenvalue weighted by Crippen LogP contribution is 2.19. The maximum atomic E-state index is 13.5. The fourth-order valence-corrected chi connectivity index (χ4v) is 1.51. The molecule has 0 bridgehead atoms. The summed E-state index contributed by atoms with van der Waals surface area (Å²) in [6.07, 6.45) is 0. The van der Waals surface area contributed by atoms with Gasteiger partial charge in [0.2, 0.25) is 0 Å². The van der Waals surface area contributed by atoms with E-state index in [0.717, 1.165) is 5.56 Å². The number of methoxy groups -OCH3 is 1. The van der Waals surface area contributed by atoms with Gasteiger partial charge in [-0.25, -0.2) is 4.39 Å². The average Bonchev–Trinajstić information content (AvgIpc) is 2.31. The molecule has 2 atom stereocenters. The van der Waals surface area contributed by atoms with Gasteiger partial charge in [0.15, 0.2) is 0 Å². The lowest BCUT2D eigenvalue weighted by Gasteiger charge is -2.20. The minimum Gasteiger partial charge on any atom is -0.469 e. The molecule has 0 spiro atoms. The molecule has 2 unspecified atom stereocenters. The lowest BCUT2D eigenvalue weighted by atomic mass is 10.0. The summed E-state index contributed by atoms with van der Waals surface area (Å²) >= 11 is 0. The number of halogens is 1. The first-order valence-corrected chi connectivity index (χ1v) is 5.56. The van der Waals surface area contributed by atoms with Gasteiger partial charge in [-0.1, -0.05) is 6.07 Å². The fraction of sp³-hybridized carbons (Fsp3) is 0.462. The van der Waals surface area contributed by atoms with Crippen molar-refractivity contribution in [3.63, 3.8) is 0 Å². The van der Waals surface area contributed by atoms with Gasteiger partial charge in [-0.2, -0.15) is 0 Å². The summed E-state index contributed by atoms with van der Waals surface area (Å²) in [5, 5.41) is 2.99. The van der Waals surface area contributed by atoms with Crippen molar-refractivity contribution in [2.24, 2.45) is 5.92 Å². The molecule has 0 fully saturated rings. The summed E-state index contributed by atoms with van der Waals surface area (Å²) in [5.74, 6) is -0.961. The first kappa shape index (κ1) is 13.5. The van der Waals surface area contributed by atoms with Crippen LogP contribution in [0.3, 0.4) is 0 Å². The number of rotatable bonds is 4. The van der Waals surface area contributed by atoms with Crippen molar-refractivity contribution in [1.82, 2.24) is 0 Å². The van der Waals surface area contributed by atoms with E-state index in [-0.39, 0.29) is 23.7 Å². The van der Waals surface area contributed by atoms with Crippen molar-refractivity contribution in [1.29, 1.82) is 0 Å². The van der Waals surface area contributed by atoms with Gasteiger partial charge in [0.05, 0.1) is 18.7 Å². The van der Waals surface area contributed by atoms with Crippen molar-refractivity contribution < 1.29 is 13.9 Å². The lowest BCUT2D eigenvalue weighted by molar-refractivity contribution is -0.145. The summed E-state index contributed by atoms with van der Waals surface area (Å²) in [6.45, 7) is 5.46. The average molecular weight is 239 g/mol. The van der Waals surface area contributed by atoms with Gasteiger partial charge in [-0.3, -0.25) is 4.79 Å². The van der Waals surface area contributed by atoms with E-state index in [9.17, 15) is 9.18 Å². The number of benzene rings is 1. The third-order valence-electron chi connectivity index (χ3n) is 2.83. The first-order chi connectivity index (χ1) is 7.95. The SMILES string of the molecule is COC(=O)C(C)C(C)Nc1cc(C)ccc1F. The minimum absolute atomic E-state index is 0.196. The fourth-order valence-electron chi connectivity index (χ4n) is 1.51. The van der Waals surface area contributed by atoms with E-state index in [0.29, 0.717) is 5.69 Å². The highest BCUT2D eigenvalue weighted by Gasteiger charge is 2.21. The third-order valence-corrected chi connectivity index (χ3v) is 2.83. The van der Waals surface area contributed by atoms with Crippen LogP contribution >= 0.6 is 0 Å². The highest BCUT2D eigenvalue weighted by atomic mass is 19.1. The van der Waals surface area contributed by atoms with Gasteiger partial charge in [-0.15, -0.1) is 0 Å². The van der Waals surface area contributed by atoms with E-state index < -0.39 is 0 Å². The van der Waals surface area contributed by atoms with E-state index in [1.807, 2.05) is 13.8 Å². The van der Waals surface area contributed by atoms with Crippen LogP contribution < -0.4 is 5.32 Å². The van der Waals surface area contributed by atoms with Crippen molar-refractivity contribution in [2.75, 3.05) is 12.4 Å². The van der Waals surface area contributed by atoms with Gasteiger partial charge < -0.3 is 10.1 Å². The molecule has 1 aromatic carbocycles. The van der Waals surface area contributed by atoms with E-state index in [4.69, 9.17) is 0 Å². The predicted molar refractivity (Wildman–Crippen MR) is 65.4 cm³/mol. The number of hydrogen-bond donors (Lipinski definition) is 1. The van der Waals surface area contributed by atoms with Crippen LogP contribution in [0.1, 0.15) is 19.4 Å². The smallest absolute Gasteiger partial charge is 0.310 e. The molecule has 0 aliphatic carbocycles. The van der Waals surface area contributed by atoms with Gasteiger partial charge in [-0.05, 0) is 38.5 Å². The van der Waals surface area contributed by atoms with Crippen LogP contribution in [0.5, 0.6) is 0 Å². The van der Waals surface area contributed by atoms with Crippen molar-refractivity contribution in [3.8, 4) is 0 Å².